The van der Waals surface area contributed by atoms with E-state index in [0.717, 1.165) is 104 Å². The number of nitrogens with zero attached hydrogens (tertiary/aromatic N) is 6. The molecule has 1 spiro atoms. The Morgan fingerprint density at radius 1 is 0.939 bits per heavy atom. The van der Waals surface area contributed by atoms with Crippen LogP contribution in [0.15, 0.2) is 90.0 Å². The standard InChI is InChI=1S/C60H67ClFN9O10S/c1-35(2)80-52-7-5-4-6-43(52)51-32-68(56-36(3)24-39(62)26-45(56)61)19-20-69(51)41-30-60(31-41)14-17-67(18-15-60)40-8-9-44(48(27-40)70-47-13-23-78-34-54(47)81-59-50(70)25-38-10-16-63-57(38)65-59)58(72)66-82(75,76)42-28-49(71(73)74)55-53(29-42)79-33-46(64-55)37-11-21-77-22-12-37/h4-10,16,24-29,35,37,41,46-47,51,54,64H,11-15,17-23,30-34H2,1-3H3,(H,63,65)(H,66,72)/t46-,47-,51-,54-/m0/s1. The first-order valence-corrected chi connectivity index (χ1v) is 30.4. The third-order valence-corrected chi connectivity index (χ3v) is 19.7. The van der Waals surface area contributed by atoms with Crippen molar-refractivity contribution in [1.82, 2.24) is 19.6 Å². The number of para-hydroxylation sites is 1. The summed E-state index contributed by atoms with van der Waals surface area (Å²) >= 11 is 6.78. The number of rotatable bonds is 12. The van der Waals surface area contributed by atoms with Gasteiger partial charge in [-0.05, 0) is 131 Å². The SMILES string of the molecule is Cc1cc(F)cc(Cl)c1N1CCN(C2CC3(CCN(c4ccc(C(=O)NS(=O)(=O)c5cc6c(c([N+](=O)[O-])c5)N[C@H](C5CCOCC5)CO6)c(N5c6cc7cc[nH]c7nc6O[C@H]6COCC[C@@H]65)c4)CC3)C2)[C@H](c2ccccc2OC(C)C)C1. The van der Waals surface area contributed by atoms with Crippen molar-refractivity contribution in [2.45, 2.75) is 107 Å². The van der Waals surface area contributed by atoms with Crippen molar-refractivity contribution in [2.24, 2.45) is 11.3 Å². The van der Waals surface area contributed by atoms with E-state index in [4.69, 9.17) is 40.3 Å². The predicted molar refractivity (Wildman–Crippen MR) is 309 cm³/mol. The Hall–Kier alpha value is -6.91. The highest BCUT2D eigenvalue weighted by Crippen LogP contribution is 2.55. The summed E-state index contributed by atoms with van der Waals surface area (Å²) in [5, 5.41) is 17.1. The lowest BCUT2D eigenvalue weighted by Gasteiger charge is -2.58. The molecule has 0 radical (unpaired) electrons. The second-order valence-corrected chi connectivity index (χ2v) is 25.5. The molecule has 6 aliphatic heterocycles. The second-order valence-electron chi connectivity index (χ2n) is 23.4. The summed E-state index contributed by atoms with van der Waals surface area (Å²) in [7, 11) is -4.73. The lowest BCUT2D eigenvalue weighted by Crippen LogP contribution is -2.60. The highest BCUT2D eigenvalue weighted by molar-refractivity contribution is 7.90. The van der Waals surface area contributed by atoms with Gasteiger partial charge in [-0.1, -0.05) is 29.8 Å². The number of pyridine rings is 1. The molecule has 7 aliphatic rings. The lowest BCUT2D eigenvalue weighted by molar-refractivity contribution is -0.384. The quantitative estimate of drug-likeness (QED) is 0.0770. The Morgan fingerprint density at radius 2 is 1.73 bits per heavy atom. The number of anilines is 5. The largest absolute Gasteiger partial charge is 0.491 e. The van der Waals surface area contributed by atoms with Crippen molar-refractivity contribution in [1.29, 1.82) is 0 Å². The molecule has 82 heavy (non-hydrogen) atoms. The molecule has 0 bridgehead atoms. The average Bonchev–Trinajstić information content (AvgIpc) is 4.05. The highest BCUT2D eigenvalue weighted by atomic mass is 35.5. The maximum atomic E-state index is 14.9. The first kappa shape index (κ1) is 54.3. The van der Waals surface area contributed by atoms with Gasteiger partial charge in [-0.25, -0.2) is 17.5 Å². The van der Waals surface area contributed by atoms with E-state index < -0.39 is 37.5 Å². The molecule has 4 aromatic carbocycles. The number of H-pyrrole nitrogens is 1. The van der Waals surface area contributed by atoms with Crippen molar-refractivity contribution in [3.05, 3.63) is 123 Å². The van der Waals surface area contributed by atoms with E-state index in [2.05, 4.69) is 46.8 Å². The van der Waals surface area contributed by atoms with E-state index in [0.29, 0.717) is 66.8 Å². The van der Waals surface area contributed by atoms with Crippen LogP contribution < -0.4 is 38.9 Å². The van der Waals surface area contributed by atoms with Gasteiger partial charge >= 0.3 is 0 Å². The van der Waals surface area contributed by atoms with Crippen LogP contribution in [0.5, 0.6) is 17.4 Å². The molecule has 3 N–H and O–H groups in total. The number of ether oxygens (including phenoxy) is 5. The molecule has 0 unspecified atom stereocenters. The van der Waals surface area contributed by atoms with Crippen LogP contribution in [-0.2, 0) is 19.5 Å². The fraction of sp³-hybridized carbons (Fsp3) is 0.467. The van der Waals surface area contributed by atoms with E-state index >= 15 is 0 Å². The molecule has 8 heterocycles. The van der Waals surface area contributed by atoms with Crippen LogP contribution in [0.25, 0.3) is 11.0 Å². The van der Waals surface area contributed by atoms with Gasteiger partial charge in [0.2, 0.25) is 5.88 Å². The number of nitro groups is 1. The zero-order valence-electron chi connectivity index (χ0n) is 46.1. The Bertz CT molecular complexity index is 3540. The molecule has 22 heteroatoms. The molecule has 13 rings (SSSR count). The Morgan fingerprint density at radius 3 is 2.51 bits per heavy atom. The number of hydrogen-bond donors (Lipinski definition) is 3. The molecule has 4 saturated heterocycles. The van der Waals surface area contributed by atoms with Crippen LogP contribution in [-0.4, -0.2) is 130 Å². The van der Waals surface area contributed by atoms with Crippen LogP contribution in [0.3, 0.4) is 0 Å². The molecule has 1 saturated carbocycles. The predicted octanol–water partition coefficient (Wildman–Crippen LogP) is 10.1. The first-order valence-electron chi connectivity index (χ1n) is 28.6. The van der Waals surface area contributed by atoms with Crippen LogP contribution >= 0.6 is 11.6 Å². The van der Waals surface area contributed by atoms with E-state index in [1.165, 1.54) is 12.1 Å². The van der Waals surface area contributed by atoms with Crippen molar-refractivity contribution in [3.63, 3.8) is 0 Å². The molecule has 432 valence electrons. The van der Waals surface area contributed by atoms with Gasteiger partial charge in [0.25, 0.3) is 21.6 Å². The number of fused-ring (bicyclic) bond motifs is 4. The fourth-order valence-corrected chi connectivity index (χ4v) is 15.3. The molecular weight excluding hydrogens is 1090 g/mol. The number of piperazine rings is 1. The van der Waals surface area contributed by atoms with Gasteiger partial charge in [-0.2, -0.15) is 4.98 Å². The Balaban J connectivity index is 0.783. The third-order valence-electron chi connectivity index (χ3n) is 18.1. The molecule has 1 amide bonds. The van der Waals surface area contributed by atoms with Crippen LogP contribution in [0.2, 0.25) is 5.02 Å². The topological polar surface area (TPSA) is 206 Å². The number of hydrogen-bond acceptors (Lipinski definition) is 16. The molecule has 2 aromatic heterocycles. The van der Waals surface area contributed by atoms with Crippen molar-refractivity contribution in [2.75, 3.05) is 85.8 Å². The number of aryl methyl sites for hydroxylation is 1. The number of carbonyl (C=O) groups excluding carboxylic acids is 1. The number of sulfonamides is 1. The van der Waals surface area contributed by atoms with Gasteiger partial charge in [-0.15, -0.1) is 0 Å². The highest BCUT2D eigenvalue weighted by Gasteiger charge is 2.51. The van der Waals surface area contributed by atoms with E-state index in [9.17, 15) is 27.7 Å². The summed E-state index contributed by atoms with van der Waals surface area (Å²) in [6.45, 7) is 11.7. The van der Waals surface area contributed by atoms with Gasteiger partial charge in [-0.3, -0.25) is 19.8 Å². The zero-order chi connectivity index (χ0) is 56.6. The van der Waals surface area contributed by atoms with Crippen LogP contribution in [0.1, 0.15) is 86.3 Å². The zero-order valence-corrected chi connectivity index (χ0v) is 47.6. The lowest BCUT2D eigenvalue weighted by atomic mass is 9.59. The first-order chi connectivity index (χ1) is 39.6. The van der Waals surface area contributed by atoms with Crippen molar-refractivity contribution < 1.29 is 46.2 Å². The number of amides is 1. The van der Waals surface area contributed by atoms with Gasteiger partial charge in [0.05, 0.1) is 62.6 Å². The second kappa shape index (κ2) is 21.7. The summed E-state index contributed by atoms with van der Waals surface area (Å²) in [6, 6.07) is 22.6. The summed E-state index contributed by atoms with van der Waals surface area (Å²) < 4.78 is 76.2. The number of aromatic amines is 1. The van der Waals surface area contributed by atoms with E-state index in [1.54, 1.807) is 18.3 Å². The van der Waals surface area contributed by atoms with Crippen LogP contribution in [0, 0.1) is 34.2 Å². The minimum Gasteiger partial charge on any atom is -0.491 e. The number of halogens is 2. The smallest absolute Gasteiger partial charge is 0.297 e. The minimum atomic E-state index is -4.73. The number of piperidine rings is 1. The van der Waals surface area contributed by atoms with Gasteiger partial charge in [0, 0.05) is 93.6 Å². The summed E-state index contributed by atoms with van der Waals surface area (Å²) in [5.74, 6) is 0.0999. The number of carbonyl (C=O) groups is 1. The number of benzene rings is 4. The summed E-state index contributed by atoms with van der Waals surface area (Å²) in [6.07, 6.45) is 7.33. The van der Waals surface area contributed by atoms with Crippen molar-refractivity contribution >= 4 is 72.7 Å². The number of aromatic nitrogens is 2. The molecule has 6 aromatic rings. The maximum absolute atomic E-state index is 14.9. The summed E-state index contributed by atoms with van der Waals surface area (Å²) in [5.41, 5.74) is 5.17. The molecule has 1 aliphatic carbocycles. The van der Waals surface area contributed by atoms with Crippen molar-refractivity contribution in [3.8, 4) is 17.4 Å². The van der Waals surface area contributed by atoms with E-state index in [-0.39, 0.29) is 71.6 Å². The normalized spacial score (nSPS) is 23.0. The average molecular weight is 1160 g/mol. The van der Waals surface area contributed by atoms with Crippen LogP contribution in [0.4, 0.5) is 38.5 Å². The van der Waals surface area contributed by atoms with Gasteiger partial charge < -0.3 is 48.7 Å². The summed E-state index contributed by atoms with van der Waals surface area (Å²) in [4.78, 5) is 43.8. The maximum Gasteiger partial charge on any atom is 0.297 e. The Labute approximate surface area is 480 Å². The molecular formula is C60H67ClFN9O10S. The van der Waals surface area contributed by atoms with Gasteiger partial charge in [0.15, 0.2) is 11.4 Å². The fourth-order valence-electron chi connectivity index (χ4n) is 14.0. The number of nitrogens with one attached hydrogen (secondary N) is 3. The minimum absolute atomic E-state index is 0.00171. The molecule has 5 fully saturated rings. The third kappa shape index (κ3) is 10.2. The monoisotopic (exact) mass is 1160 g/mol. The molecule has 19 nitrogen and oxygen atoms in total. The molecule has 4 atom stereocenters. The number of nitro benzene ring substituents is 1. The van der Waals surface area contributed by atoms with E-state index in [1.807, 2.05) is 57.2 Å². The Kier molecular flexibility index (Phi) is 14.4. The van der Waals surface area contributed by atoms with Gasteiger partial charge in [0.1, 0.15) is 35.6 Å².